The van der Waals surface area contributed by atoms with E-state index in [9.17, 15) is 19.2 Å². The van der Waals surface area contributed by atoms with E-state index in [0.29, 0.717) is 61.0 Å². The van der Waals surface area contributed by atoms with Crippen molar-refractivity contribution in [3.05, 3.63) is 129 Å². The first-order chi connectivity index (χ1) is 22.8. The highest BCUT2D eigenvalue weighted by Crippen LogP contribution is 2.22. The molecule has 0 radical (unpaired) electrons. The third-order valence-electron chi connectivity index (χ3n) is 8.26. The average Bonchev–Trinajstić information content (AvgIpc) is 3.11. The molecule has 2 amide bonds. The maximum absolute atomic E-state index is 13.2. The minimum Gasteiger partial charge on any atom is -0.465 e. The van der Waals surface area contributed by atoms with Crippen molar-refractivity contribution in [2.24, 2.45) is 0 Å². The van der Waals surface area contributed by atoms with Gasteiger partial charge in [-0.3, -0.25) is 19.0 Å². The number of aryl methyl sites for hydroxylation is 1. The van der Waals surface area contributed by atoms with Crippen molar-refractivity contribution in [2.45, 2.75) is 19.9 Å². The average molecular weight is 631 g/mol. The number of rotatable bonds is 8. The number of ether oxygens (including phenoxy) is 1. The number of pyridine rings is 1. The van der Waals surface area contributed by atoms with Crippen LogP contribution in [0.4, 0.5) is 5.95 Å². The highest BCUT2D eigenvalue weighted by molar-refractivity contribution is 5.94. The second-order valence-electron chi connectivity index (χ2n) is 11.3. The second-order valence-corrected chi connectivity index (χ2v) is 11.3. The van der Waals surface area contributed by atoms with E-state index in [2.05, 4.69) is 5.32 Å². The van der Waals surface area contributed by atoms with Gasteiger partial charge in [-0.2, -0.15) is 4.98 Å². The fourth-order valence-corrected chi connectivity index (χ4v) is 5.60. The number of esters is 1. The minimum absolute atomic E-state index is 0.0896. The van der Waals surface area contributed by atoms with Gasteiger partial charge < -0.3 is 19.9 Å². The monoisotopic (exact) mass is 630 g/mol. The van der Waals surface area contributed by atoms with Crippen LogP contribution < -0.4 is 15.8 Å². The Balaban J connectivity index is 1.16. The van der Waals surface area contributed by atoms with Crippen molar-refractivity contribution < 1.29 is 19.1 Å². The molecule has 0 aliphatic carbocycles. The Labute approximate surface area is 271 Å². The zero-order valence-electron chi connectivity index (χ0n) is 26.2. The van der Waals surface area contributed by atoms with Crippen LogP contribution in [0.25, 0.3) is 16.7 Å². The van der Waals surface area contributed by atoms with Gasteiger partial charge in [0, 0.05) is 49.7 Å². The molecule has 0 spiro atoms. The first-order valence-corrected chi connectivity index (χ1v) is 15.3. The van der Waals surface area contributed by atoms with E-state index in [1.165, 1.54) is 17.7 Å². The molecule has 1 aliphatic heterocycles. The molecule has 11 nitrogen and oxygen atoms in total. The van der Waals surface area contributed by atoms with E-state index in [4.69, 9.17) is 14.7 Å². The highest BCUT2D eigenvalue weighted by Gasteiger charge is 2.24. The standard InChI is InChI=1S/C36H34N6O5/c1-24-30-16-17-31(43)42(29-14-12-27(13-15-29)34(45)37-23-26-8-10-28(11-9-26)35(46)47-2)33(30)39-36(38-24)41-20-18-40(19-21-41)32(44)22-25-6-4-3-5-7-25/h3-17H,18-23H2,1-2H3,(H,37,45). The van der Waals surface area contributed by atoms with Gasteiger partial charge in [-0.25, -0.2) is 9.78 Å². The second kappa shape index (κ2) is 13.7. The Kier molecular flexibility index (Phi) is 9.05. The van der Waals surface area contributed by atoms with Gasteiger partial charge in [0.2, 0.25) is 11.9 Å². The van der Waals surface area contributed by atoms with Crippen LogP contribution in [0.3, 0.4) is 0 Å². The molecule has 6 rings (SSSR count). The van der Waals surface area contributed by atoms with E-state index >= 15 is 0 Å². The minimum atomic E-state index is -0.422. The normalized spacial score (nSPS) is 13.0. The molecule has 1 N–H and O–H groups in total. The first kappa shape index (κ1) is 31.2. The number of nitrogens with zero attached hydrogens (tertiary/aromatic N) is 5. The summed E-state index contributed by atoms with van der Waals surface area (Å²) in [6.07, 6.45) is 0.366. The molecule has 5 aromatic rings. The van der Waals surface area contributed by atoms with Gasteiger partial charge in [0.05, 0.1) is 30.5 Å². The number of carbonyl (C=O) groups is 3. The summed E-state index contributed by atoms with van der Waals surface area (Å²) in [5, 5.41) is 3.62. The lowest BCUT2D eigenvalue weighted by Gasteiger charge is -2.35. The topological polar surface area (TPSA) is 127 Å². The molecule has 0 bridgehead atoms. The molecule has 0 unspecified atom stereocenters. The summed E-state index contributed by atoms with van der Waals surface area (Å²) in [5.74, 6) is -0.109. The number of carbonyl (C=O) groups excluding carboxylic acids is 3. The smallest absolute Gasteiger partial charge is 0.337 e. The molecule has 1 fully saturated rings. The van der Waals surface area contributed by atoms with E-state index in [-0.39, 0.29) is 23.9 Å². The molecule has 47 heavy (non-hydrogen) atoms. The Morgan fingerprint density at radius 3 is 2.15 bits per heavy atom. The van der Waals surface area contributed by atoms with Crippen LogP contribution in [0.2, 0.25) is 0 Å². The van der Waals surface area contributed by atoms with Crippen LogP contribution in [0, 0.1) is 6.92 Å². The fraction of sp³-hybridized carbons (Fsp3) is 0.222. The Hall–Kier alpha value is -5.84. The summed E-state index contributed by atoms with van der Waals surface area (Å²) in [7, 11) is 1.33. The summed E-state index contributed by atoms with van der Waals surface area (Å²) < 4.78 is 6.24. The molecule has 238 valence electrons. The number of methoxy groups -OCH3 is 1. The quantitative estimate of drug-likeness (QED) is 0.257. The molecule has 0 saturated carbocycles. The summed E-state index contributed by atoms with van der Waals surface area (Å²) in [6, 6.07) is 26.5. The number of piperazine rings is 1. The van der Waals surface area contributed by atoms with Gasteiger partial charge in [-0.1, -0.05) is 42.5 Å². The first-order valence-electron chi connectivity index (χ1n) is 15.3. The van der Waals surface area contributed by atoms with Crippen LogP contribution in [0.1, 0.15) is 37.5 Å². The van der Waals surface area contributed by atoms with Crippen LogP contribution >= 0.6 is 0 Å². The molecule has 2 aromatic heterocycles. The van der Waals surface area contributed by atoms with Crippen molar-refractivity contribution >= 4 is 34.8 Å². The van der Waals surface area contributed by atoms with Gasteiger partial charge in [-0.15, -0.1) is 0 Å². The van der Waals surface area contributed by atoms with Crippen molar-refractivity contribution in [2.75, 3.05) is 38.2 Å². The predicted molar refractivity (Wildman–Crippen MR) is 178 cm³/mol. The van der Waals surface area contributed by atoms with E-state index in [0.717, 1.165) is 22.2 Å². The van der Waals surface area contributed by atoms with Crippen LogP contribution in [-0.2, 0) is 22.5 Å². The van der Waals surface area contributed by atoms with E-state index < -0.39 is 5.97 Å². The lowest BCUT2D eigenvalue weighted by molar-refractivity contribution is -0.130. The lowest BCUT2D eigenvalue weighted by atomic mass is 10.1. The fourth-order valence-electron chi connectivity index (χ4n) is 5.60. The van der Waals surface area contributed by atoms with Crippen molar-refractivity contribution in [1.29, 1.82) is 0 Å². The van der Waals surface area contributed by atoms with Gasteiger partial charge in [0.15, 0.2) is 5.65 Å². The number of fused-ring (bicyclic) bond motifs is 1. The number of aromatic nitrogens is 3. The Bertz CT molecular complexity index is 1980. The Morgan fingerprint density at radius 1 is 0.787 bits per heavy atom. The maximum Gasteiger partial charge on any atom is 0.337 e. The number of hydrogen-bond donors (Lipinski definition) is 1. The zero-order chi connectivity index (χ0) is 32.9. The van der Waals surface area contributed by atoms with E-state index in [1.54, 1.807) is 54.6 Å². The third kappa shape index (κ3) is 6.89. The number of anilines is 1. The largest absolute Gasteiger partial charge is 0.465 e. The molecule has 1 saturated heterocycles. The molecule has 3 aromatic carbocycles. The van der Waals surface area contributed by atoms with Crippen molar-refractivity contribution in [3.63, 3.8) is 0 Å². The molecular weight excluding hydrogens is 596 g/mol. The molecular formula is C36H34N6O5. The number of nitrogens with one attached hydrogen (secondary N) is 1. The van der Waals surface area contributed by atoms with Crippen molar-refractivity contribution in [3.8, 4) is 5.69 Å². The summed E-state index contributed by atoms with van der Waals surface area (Å²) >= 11 is 0. The van der Waals surface area contributed by atoms with Crippen LogP contribution in [0.15, 0.2) is 95.8 Å². The molecule has 3 heterocycles. The third-order valence-corrected chi connectivity index (χ3v) is 8.26. The summed E-state index contributed by atoms with van der Waals surface area (Å²) in [5.41, 5.74) is 4.19. The van der Waals surface area contributed by atoms with E-state index in [1.807, 2.05) is 47.1 Å². The van der Waals surface area contributed by atoms with Gasteiger partial charge in [0.25, 0.3) is 11.5 Å². The van der Waals surface area contributed by atoms with Gasteiger partial charge >= 0.3 is 5.97 Å². The lowest BCUT2D eigenvalue weighted by Crippen LogP contribution is -2.49. The number of benzene rings is 3. The zero-order valence-corrected chi connectivity index (χ0v) is 26.2. The predicted octanol–water partition coefficient (Wildman–Crippen LogP) is 3.70. The Morgan fingerprint density at radius 2 is 1.47 bits per heavy atom. The van der Waals surface area contributed by atoms with Crippen LogP contribution in [0.5, 0.6) is 0 Å². The maximum atomic E-state index is 13.2. The summed E-state index contributed by atoms with van der Waals surface area (Å²) in [6.45, 7) is 4.41. The van der Waals surface area contributed by atoms with Gasteiger partial charge in [-0.05, 0) is 60.5 Å². The van der Waals surface area contributed by atoms with Gasteiger partial charge in [0.1, 0.15) is 0 Å². The van der Waals surface area contributed by atoms with Crippen LogP contribution in [-0.4, -0.2) is 70.5 Å². The number of hydrogen-bond acceptors (Lipinski definition) is 8. The summed E-state index contributed by atoms with van der Waals surface area (Å²) in [4.78, 5) is 64.1. The highest BCUT2D eigenvalue weighted by atomic mass is 16.5. The molecule has 11 heteroatoms. The molecule has 0 atom stereocenters. The number of amides is 2. The SMILES string of the molecule is COC(=O)c1ccc(CNC(=O)c2ccc(-n3c(=O)ccc4c(C)nc(N5CCN(C(=O)Cc6ccccc6)CC5)nc43)cc2)cc1. The van der Waals surface area contributed by atoms with Crippen molar-refractivity contribution in [1.82, 2.24) is 24.8 Å². The molecule has 1 aliphatic rings.